The Hall–Kier alpha value is -3.73. The topological polar surface area (TPSA) is 45.5 Å². The van der Waals surface area contributed by atoms with E-state index in [-0.39, 0.29) is 0 Å². The summed E-state index contributed by atoms with van der Waals surface area (Å²) in [6.07, 6.45) is 3.51. The molecule has 5 heteroatoms. The lowest BCUT2D eigenvalue weighted by Crippen LogP contribution is -2.10. The van der Waals surface area contributed by atoms with Gasteiger partial charge in [0.25, 0.3) is 0 Å². The molecule has 0 bridgehead atoms. The largest absolute Gasteiger partial charge is 0.493 e. The quantitative estimate of drug-likeness (QED) is 0.207. The number of para-hydroxylation sites is 2. The molecule has 0 unspecified atom stereocenters. The van der Waals surface area contributed by atoms with Gasteiger partial charge in [-0.25, -0.2) is 4.98 Å². The molecule has 4 aromatic rings. The third kappa shape index (κ3) is 5.55. The van der Waals surface area contributed by atoms with E-state index in [1.807, 2.05) is 66.7 Å². The second kappa shape index (κ2) is 10.7. The third-order valence-corrected chi connectivity index (χ3v) is 5.51. The molecule has 0 radical (unpaired) electrons. The van der Waals surface area contributed by atoms with Gasteiger partial charge in [0, 0.05) is 6.54 Å². The van der Waals surface area contributed by atoms with Crippen molar-refractivity contribution in [1.82, 2.24) is 9.55 Å². The third-order valence-electron chi connectivity index (χ3n) is 5.51. The molecule has 0 aliphatic rings. The van der Waals surface area contributed by atoms with E-state index in [1.54, 1.807) is 7.11 Å². The molecule has 0 saturated heterocycles. The molecular weight excluding hydrogens is 412 g/mol. The van der Waals surface area contributed by atoms with Gasteiger partial charge in [-0.1, -0.05) is 42.0 Å². The van der Waals surface area contributed by atoms with Gasteiger partial charge in [-0.2, -0.15) is 0 Å². The van der Waals surface area contributed by atoms with Gasteiger partial charge in [0.15, 0.2) is 11.5 Å². The van der Waals surface area contributed by atoms with Crippen molar-refractivity contribution in [2.24, 2.45) is 0 Å². The van der Waals surface area contributed by atoms with Crippen LogP contribution in [0.3, 0.4) is 0 Å². The van der Waals surface area contributed by atoms with Crippen molar-refractivity contribution in [3.63, 3.8) is 0 Å². The molecule has 0 N–H and O–H groups in total. The lowest BCUT2D eigenvalue weighted by Gasteiger charge is -2.13. The van der Waals surface area contributed by atoms with Crippen molar-refractivity contribution in [3.05, 3.63) is 96.3 Å². The zero-order valence-corrected chi connectivity index (χ0v) is 19.3. The average molecular weight is 443 g/mol. The molecule has 5 nitrogen and oxygen atoms in total. The zero-order chi connectivity index (χ0) is 23.0. The van der Waals surface area contributed by atoms with Crippen LogP contribution in [-0.2, 0) is 19.6 Å². The minimum Gasteiger partial charge on any atom is -0.493 e. The minimum absolute atomic E-state index is 0.414. The predicted octanol–water partition coefficient (Wildman–Crippen LogP) is 6.13. The van der Waals surface area contributed by atoms with Crippen molar-refractivity contribution >= 4 is 11.0 Å². The summed E-state index contributed by atoms with van der Waals surface area (Å²) in [6.45, 7) is 7.63. The van der Waals surface area contributed by atoms with E-state index in [1.165, 1.54) is 5.56 Å². The summed E-state index contributed by atoms with van der Waals surface area (Å²) < 4.78 is 19.8. The maximum atomic E-state index is 6.04. The van der Waals surface area contributed by atoms with E-state index in [2.05, 4.69) is 24.1 Å². The van der Waals surface area contributed by atoms with Crippen LogP contribution in [0.2, 0.25) is 0 Å². The Morgan fingerprint density at radius 3 is 2.58 bits per heavy atom. The molecule has 1 heterocycles. The van der Waals surface area contributed by atoms with Gasteiger partial charge in [-0.3, -0.25) is 0 Å². The van der Waals surface area contributed by atoms with Crippen molar-refractivity contribution in [1.29, 1.82) is 0 Å². The van der Waals surface area contributed by atoms with Gasteiger partial charge in [0.05, 0.1) is 24.8 Å². The molecule has 0 saturated carbocycles. The zero-order valence-electron chi connectivity index (χ0n) is 19.3. The van der Waals surface area contributed by atoms with E-state index in [9.17, 15) is 0 Å². The monoisotopic (exact) mass is 442 g/mol. The van der Waals surface area contributed by atoms with Gasteiger partial charge >= 0.3 is 0 Å². The number of hydrogen-bond donors (Lipinski definition) is 0. The summed E-state index contributed by atoms with van der Waals surface area (Å²) in [5, 5.41) is 0. The molecule has 33 heavy (non-hydrogen) atoms. The SMILES string of the molecule is C=CCc1ccc(OCCCn2c(COc3ccc(C)cc3)nc3ccccc32)c(OC)c1. The van der Waals surface area contributed by atoms with Crippen LogP contribution in [0, 0.1) is 6.92 Å². The van der Waals surface area contributed by atoms with Crippen molar-refractivity contribution in [2.45, 2.75) is 32.9 Å². The number of aryl methyl sites for hydroxylation is 2. The number of benzene rings is 3. The molecule has 0 fully saturated rings. The maximum Gasteiger partial charge on any atom is 0.161 e. The molecular formula is C28H30N2O3. The van der Waals surface area contributed by atoms with Crippen molar-refractivity contribution in [2.75, 3.05) is 13.7 Å². The van der Waals surface area contributed by atoms with E-state index < -0.39 is 0 Å². The molecule has 4 rings (SSSR count). The highest BCUT2D eigenvalue weighted by molar-refractivity contribution is 5.75. The number of nitrogens with zero attached hydrogens (tertiary/aromatic N) is 2. The second-order valence-corrected chi connectivity index (χ2v) is 7.95. The van der Waals surface area contributed by atoms with Crippen LogP contribution in [0.15, 0.2) is 79.4 Å². The first-order chi connectivity index (χ1) is 16.2. The van der Waals surface area contributed by atoms with E-state index in [0.29, 0.717) is 13.2 Å². The number of imidazole rings is 1. The van der Waals surface area contributed by atoms with Crippen LogP contribution in [0.25, 0.3) is 11.0 Å². The predicted molar refractivity (Wildman–Crippen MR) is 132 cm³/mol. The first kappa shape index (κ1) is 22.5. The molecule has 1 aromatic heterocycles. The first-order valence-corrected chi connectivity index (χ1v) is 11.2. The lowest BCUT2D eigenvalue weighted by molar-refractivity contribution is 0.273. The summed E-state index contributed by atoms with van der Waals surface area (Å²) >= 11 is 0. The Balaban J connectivity index is 1.42. The minimum atomic E-state index is 0.414. The van der Waals surface area contributed by atoms with Crippen molar-refractivity contribution < 1.29 is 14.2 Å². The van der Waals surface area contributed by atoms with Crippen LogP contribution in [0.1, 0.15) is 23.4 Å². The summed E-state index contributed by atoms with van der Waals surface area (Å²) in [7, 11) is 1.66. The smallest absolute Gasteiger partial charge is 0.161 e. The van der Waals surface area contributed by atoms with Crippen LogP contribution in [-0.4, -0.2) is 23.3 Å². The molecule has 0 aliphatic carbocycles. The molecule has 3 aromatic carbocycles. The Morgan fingerprint density at radius 2 is 1.79 bits per heavy atom. The Morgan fingerprint density at radius 1 is 0.970 bits per heavy atom. The van der Waals surface area contributed by atoms with Crippen LogP contribution in [0.4, 0.5) is 0 Å². The van der Waals surface area contributed by atoms with Crippen LogP contribution in [0.5, 0.6) is 17.2 Å². The molecule has 0 amide bonds. The summed E-state index contributed by atoms with van der Waals surface area (Å²) in [4.78, 5) is 4.81. The van der Waals surface area contributed by atoms with Crippen LogP contribution < -0.4 is 14.2 Å². The number of aromatic nitrogens is 2. The Labute approximate surface area is 195 Å². The highest BCUT2D eigenvalue weighted by Crippen LogP contribution is 2.28. The summed E-state index contributed by atoms with van der Waals surface area (Å²) in [5.41, 5.74) is 4.44. The van der Waals surface area contributed by atoms with Gasteiger partial charge in [-0.15, -0.1) is 6.58 Å². The molecule has 170 valence electrons. The fourth-order valence-corrected chi connectivity index (χ4v) is 3.80. The number of fused-ring (bicyclic) bond motifs is 1. The molecule has 0 aliphatic heterocycles. The van der Waals surface area contributed by atoms with Crippen LogP contribution >= 0.6 is 0 Å². The summed E-state index contributed by atoms with van der Waals surface area (Å²) in [5.74, 6) is 3.25. The van der Waals surface area contributed by atoms with Gasteiger partial charge in [-0.05, 0) is 61.7 Å². The number of rotatable bonds is 11. The highest BCUT2D eigenvalue weighted by Gasteiger charge is 2.12. The molecule has 0 spiro atoms. The van der Waals surface area contributed by atoms with Gasteiger partial charge in [0.2, 0.25) is 0 Å². The normalized spacial score (nSPS) is 10.8. The fourth-order valence-electron chi connectivity index (χ4n) is 3.80. The van der Waals surface area contributed by atoms with Crippen molar-refractivity contribution in [3.8, 4) is 17.2 Å². The number of hydrogen-bond acceptors (Lipinski definition) is 4. The van der Waals surface area contributed by atoms with E-state index in [4.69, 9.17) is 19.2 Å². The Bertz CT molecular complexity index is 1210. The number of ether oxygens (including phenoxy) is 3. The van der Waals surface area contributed by atoms with E-state index in [0.717, 1.165) is 59.1 Å². The highest BCUT2D eigenvalue weighted by atomic mass is 16.5. The summed E-state index contributed by atoms with van der Waals surface area (Å²) in [6, 6.07) is 22.3. The van der Waals surface area contributed by atoms with E-state index >= 15 is 0 Å². The number of methoxy groups -OCH3 is 1. The van der Waals surface area contributed by atoms with Gasteiger partial charge < -0.3 is 18.8 Å². The Kier molecular flexibility index (Phi) is 7.30. The fraction of sp³-hybridized carbons (Fsp3) is 0.250. The lowest BCUT2D eigenvalue weighted by atomic mass is 10.1. The standard InChI is InChI=1S/C28H30N2O3/c1-4-8-22-13-16-26(27(19-22)31-3)32-18-7-17-30-25-10-6-5-9-24(25)29-28(30)20-33-23-14-11-21(2)12-15-23/h4-6,9-16,19H,1,7-8,17-18,20H2,2-3H3. The maximum absolute atomic E-state index is 6.04. The first-order valence-electron chi connectivity index (χ1n) is 11.2. The average Bonchev–Trinajstić information content (AvgIpc) is 3.19. The van der Waals surface area contributed by atoms with Gasteiger partial charge in [0.1, 0.15) is 18.2 Å². The molecule has 0 atom stereocenters. The second-order valence-electron chi connectivity index (χ2n) is 7.95. The number of allylic oxidation sites excluding steroid dienone is 1.